The Morgan fingerprint density at radius 3 is 2.67 bits per heavy atom. The Morgan fingerprint density at radius 1 is 1.33 bits per heavy atom. The fraction of sp³-hybridized carbons (Fsp3) is 0.588. The Kier molecular flexibility index (Phi) is 5.74. The second-order valence-electron chi connectivity index (χ2n) is 5.96. The summed E-state index contributed by atoms with van der Waals surface area (Å²) in [6.45, 7) is 2.85. The van der Waals surface area contributed by atoms with Crippen molar-refractivity contribution in [2.24, 2.45) is 5.73 Å². The molecule has 1 saturated carbocycles. The van der Waals surface area contributed by atoms with Crippen molar-refractivity contribution in [3.05, 3.63) is 35.6 Å². The lowest BCUT2D eigenvalue weighted by atomic mass is 9.90. The minimum Gasteiger partial charge on any atom is -0.339 e. The number of nitrogens with zero attached hydrogens (tertiary/aromatic N) is 1. The van der Waals surface area contributed by atoms with Crippen LogP contribution in [0.1, 0.15) is 44.6 Å². The first-order chi connectivity index (χ1) is 10.1. The summed E-state index contributed by atoms with van der Waals surface area (Å²) in [5, 5.41) is 0. The summed E-state index contributed by atoms with van der Waals surface area (Å²) in [4.78, 5) is 14.5. The Morgan fingerprint density at radius 2 is 2.05 bits per heavy atom. The summed E-state index contributed by atoms with van der Waals surface area (Å²) in [6.07, 6.45) is 5.15. The van der Waals surface area contributed by atoms with Crippen LogP contribution in [0.5, 0.6) is 0 Å². The zero-order valence-electron chi connectivity index (χ0n) is 12.7. The van der Waals surface area contributed by atoms with Gasteiger partial charge in [0.05, 0.1) is 6.42 Å². The number of halogens is 1. The summed E-state index contributed by atoms with van der Waals surface area (Å²) in [7, 11) is 0. The van der Waals surface area contributed by atoms with Gasteiger partial charge in [0.1, 0.15) is 5.82 Å². The third-order valence-corrected chi connectivity index (χ3v) is 4.21. The number of amides is 1. The van der Waals surface area contributed by atoms with Gasteiger partial charge in [0.15, 0.2) is 0 Å². The number of nitrogens with two attached hydrogens (primary N) is 1. The number of hydrogen-bond donors (Lipinski definition) is 1. The van der Waals surface area contributed by atoms with Crippen LogP contribution in [0.2, 0.25) is 0 Å². The maximum absolute atomic E-state index is 13.2. The van der Waals surface area contributed by atoms with Gasteiger partial charge in [0, 0.05) is 18.6 Å². The largest absolute Gasteiger partial charge is 0.339 e. The lowest BCUT2D eigenvalue weighted by molar-refractivity contribution is -0.133. The lowest BCUT2D eigenvalue weighted by Gasteiger charge is -2.36. The van der Waals surface area contributed by atoms with Crippen LogP contribution >= 0.6 is 0 Å². The van der Waals surface area contributed by atoms with E-state index in [0.717, 1.165) is 44.2 Å². The monoisotopic (exact) mass is 292 g/mol. The molecule has 0 atom stereocenters. The molecule has 1 fully saturated rings. The molecule has 116 valence electrons. The van der Waals surface area contributed by atoms with E-state index in [1.165, 1.54) is 12.1 Å². The van der Waals surface area contributed by atoms with Crippen LogP contribution in [0.15, 0.2) is 24.3 Å². The average molecular weight is 292 g/mol. The van der Waals surface area contributed by atoms with E-state index in [0.29, 0.717) is 6.04 Å². The van der Waals surface area contributed by atoms with E-state index < -0.39 is 0 Å². The van der Waals surface area contributed by atoms with Crippen molar-refractivity contribution in [1.82, 2.24) is 4.90 Å². The number of carbonyl (C=O) groups excluding carboxylic acids is 1. The Hall–Kier alpha value is -1.42. The molecular formula is C17H25FN2O. The normalized spacial score (nSPS) is 22.0. The molecule has 0 radical (unpaired) electrons. The fourth-order valence-corrected chi connectivity index (χ4v) is 3.09. The van der Waals surface area contributed by atoms with Crippen LogP contribution in [-0.4, -0.2) is 29.4 Å². The number of carbonyl (C=O) groups is 1. The van der Waals surface area contributed by atoms with Crippen LogP contribution < -0.4 is 5.73 Å². The topological polar surface area (TPSA) is 46.3 Å². The van der Waals surface area contributed by atoms with E-state index >= 15 is 0 Å². The molecule has 4 heteroatoms. The third-order valence-electron chi connectivity index (χ3n) is 4.21. The quantitative estimate of drug-likeness (QED) is 0.907. The van der Waals surface area contributed by atoms with E-state index in [2.05, 4.69) is 6.92 Å². The van der Waals surface area contributed by atoms with Gasteiger partial charge in [0.2, 0.25) is 5.91 Å². The molecule has 1 aromatic rings. The minimum atomic E-state index is -0.286. The second kappa shape index (κ2) is 7.55. The van der Waals surface area contributed by atoms with Gasteiger partial charge in [-0.05, 0) is 49.8 Å². The highest BCUT2D eigenvalue weighted by Crippen LogP contribution is 2.23. The van der Waals surface area contributed by atoms with Crippen molar-refractivity contribution in [3.63, 3.8) is 0 Å². The number of hydrogen-bond acceptors (Lipinski definition) is 2. The predicted octanol–water partition coefficient (Wildman–Crippen LogP) is 2.88. The van der Waals surface area contributed by atoms with E-state index in [-0.39, 0.29) is 24.2 Å². The molecule has 1 amide bonds. The standard InChI is InChI=1S/C17H25FN2O/c1-2-10-20(16-8-6-15(19)7-9-16)17(21)12-13-4-3-5-14(18)11-13/h3-5,11,15-16H,2,6-10,12,19H2,1H3. The van der Waals surface area contributed by atoms with E-state index in [1.54, 1.807) is 6.07 Å². The summed E-state index contributed by atoms with van der Waals surface area (Å²) < 4.78 is 13.2. The first kappa shape index (κ1) is 16.0. The molecule has 0 heterocycles. The van der Waals surface area contributed by atoms with E-state index in [9.17, 15) is 9.18 Å². The van der Waals surface area contributed by atoms with Gasteiger partial charge in [-0.2, -0.15) is 0 Å². The van der Waals surface area contributed by atoms with Gasteiger partial charge in [-0.25, -0.2) is 4.39 Å². The zero-order valence-corrected chi connectivity index (χ0v) is 12.7. The molecule has 0 aliphatic heterocycles. The number of rotatable bonds is 5. The minimum absolute atomic E-state index is 0.0999. The van der Waals surface area contributed by atoms with Crippen LogP contribution in [-0.2, 0) is 11.2 Å². The molecule has 21 heavy (non-hydrogen) atoms. The average Bonchev–Trinajstić information content (AvgIpc) is 2.46. The maximum Gasteiger partial charge on any atom is 0.227 e. The Bertz CT molecular complexity index is 470. The molecular weight excluding hydrogens is 267 g/mol. The van der Waals surface area contributed by atoms with Crippen LogP contribution in [0, 0.1) is 5.82 Å². The van der Waals surface area contributed by atoms with Crippen molar-refractivity contribution in [2.75, 3.05) is 6.54 Å². The van der Waals surface area contributed by atoms with Crippen LogP contribution in [0.3, 0.4) is 0 Å². The first-order valence-electron chi connectivity index (χ1n) is 7.89. The van der Waals surface area contributed by atoms with Gasteiger partial charge in [-0.15, -0.1) is 0 Å². The molecule has 1 aliphatic carbocycles. The van der Waals surface area contributed by atoms with Crippen molar-refractivity contribution >= 4 is 5.91 Å². The Balaban J connectivity index is 2.01. The molecule has 1 aromatic carbocycles. The fourth-order valence-electron chi connectivity index (χ4n) is 3.09. The molecule has 1 aliphatic rings. The summed E-state index contributed by atoms with van der Waals surface area (Å²) in [5.41, 5.74) is 6.69. The maximum atomic E-state index is 13.2. The van der Waals surface area contributed by atoms with Gasteiger partial charge in [-0.3, -0.25) is 4.79 Å². The Labute approximate surface area is 126 Å². The van der Waals surface area contributed by atoms with Crippen LogP contribution in [0.25, 0.3) is 0 Å². The SMILES string of the molecule is CCCN(C(=O)Cc1cccc(F)c1)C1CCC(N)CC1. The second-order valence-corrected chi connectivity index (χ2v) is 5.96. The molecule has 2 rings (SSSR count). The van der Waals surface area contributed by atoms with Gasteiger partial charge < -0.3 is 10.6 Å². The highest BCUT2D eigenvalue weighted by atomic mass is 19.1. The van der Waals surface area contributed by atoms with E-state index in [1.807, 2.05) is 11.0 Å². The summed E-state index contributed by atoms with van der Waals surface area (Å²) in [5.74, 6) is -0.186. The van der Waals surface area contributed by atoms with Crippen molar-refractivity contribution in [2.45, 2.75) is 57.5 Å². The van der Waals surface area contributed by atoms with Crippen molar-refractivity contribution in [3.8, 4) is 0 Å². The highest BCUT2D eigenvalue weighted by Gasteiger charge is 2.27. The molecule has 0 saturated heterocycles. The molecule has 2 N–H and O–H groups in total. The van der Waals surface area contributed by atoms with Gasteiger partial charge in [0.25, 0.3) is 0 Å². The highest BCUT2D eigenvalue weighted by molar-refractivity contribution is 5.79. The van der Waals surface area contributed by atoms with Crippen molar-refractivity contribution < 1.29 is 9.18 Å². The summed E-state index contributed by atoms with van der Waals surface area (Å²) in [6, 6.07) is 6.89. The number of benzene rings is 1. The van der Waals surface area contributed by atoms with Gasteiger partial charge in [-0.1, -0.05) is 19.1 Å². The molecule has 3 nitrogen and oxygen atoms in total. The first-order valence-corrected chi connectivity index (χ1v) is 7.89. The van der Waals surface area contributed by atoms with Crippen LogP contribution in [0.4, 0.5) is 4.39 Å². The summed E-state index contributed by atoms with van der Waals surface area (Å²) >= 11 is 0. The van der Waals surface area contributed by atoms with E-state index in [4.69, 9.17) is 5.73 Å². The predicted molar refractivity (Wildman–Crippen MR) is 82.3 cm³/mol. The molecule has 0 unspecified atom stereocenters. The third kappa shape index (κ3) is 4.53. The lowest BCUT2D eigenvalue weighted by Crippen LogP contribution is -2.45. The van der Waals surface area contributed by atoms with Crippen molar-refractivity contribution in [1.29, 1.82) is 0 Å². The smallest absolute Gasteiger partial charge is 0.227 e. The zero-order chi connectivity index (χ0) is 15.2. The molecule has 0 aromatic heterocycles. The molecule has 0 spiro atoms. The van der Waals surface area contributed by atoms with Gasteiger partial charge >= 0.3 is 0 Å². The molecule has 0 bridgehead atoms.